The van der Waals surface area contributed by atoms with E-state index in [1.807, 2.05) is 30.0 Å². The van der Waals surface area contributed by atoms with Crippen LogP contribution >= 0.6 is 11.6 Å². The molecule has 2 aliphatic rings. The minimum atomic E-state index is 0.100. The smallest absolute Gasteiger partial charge is 0.254 e. The fourth-order valence-electron chi connectivity index (χ4n) is 3.39. The number of likely N-dealkylation sites (tertiary alicyclic amines) is 1. The predicted molar refractivity (Wildman–Crippen MR) is 79.2 cm³/mol. The molecule has 0 radical (unpaired) electrons. The molecule has 0 aliphatic carbocycles. The van der Waals surface area contributed by atoms with Crippen molar-refractivity contribution in [3.63, 3.8) is 0 Å². The van der Waals surface area contributed by atoms with Gasteiger partial charge in [0, 0.05) is 29.6 Å². The maximum atomic E-state index is 12.7. The lowest BCUT2D eigenvalue weighted by atomic mass is 9.92. The van der Waals surface area contributed by atoms with Crippen molar-refractivity contribution < 1.29 is 9.53 Å². The zero-order valence-corrected chi connectivity index (χ0v) is 12.7. The highest BCUT2D eigenvalue weighted by atomic mass is 35.5. The van der Waals surface area contributed by atoms with E-state index in [0.717, 1.165) is 37.1 Å². The van der Waals surface area contributed by atoms with Crippen molar-refractivity contribution in [2.75, 3.05) is 13.1 Å². The summed E-state index contributed by atoms with van der Waals surface area (Å²) in [5, 5.41) is 0.656. The van der Waals surface area contributed by atoms with Gasteiger partial charge in [0.05, 0.1) is 12.2 Å². The minimum absolute atomic E-state index is 0.100. The maximum absolute atomic E-state index is 12.7. The SMILES string of the molecule is Cc1c(Cl)cccc1C(=O)N1CC[C@@H]2O[C@@H](C)C[C@H]2C1. The van der Waals surface area contributed by atoms with Gasteiger partial charge in [-0.2, -0.15) is 0 Å². The van der Waals surface area contributed by atoms with Crippen molar-refractivity contribution in [2.24, 2.45) is 5.92 Å². The second-order valence-electron chi connectivity index (χ2n) is 5.93. The third kappa shape index (κ3) is 2.45. The number of benzene rings is 1. The van der Waals surface area contributed by atoms with E-state index in [9.17, 15) is 4.79 Å². The van der Waals surface area contributed by atoms with Crippen LogP contribution in [0.15, 0.2) is 18.2 Å². The van der Waals surface area contributed by atoms with Crippen molar-refractivity contribution in [1.29, 1.82) is 0 Å². The third-order valence-electron chi connectivity index (χ3n) is 4.49. The molecular formula is C16H20ClNO2. The second-order valence-corrected chi connectivity index (χ2v) is 6.34. The van der Waals surface area contributed by atoms with E-state index in [-0.39, 0.29) is 5.91 Å². The number of fused-ring (bicyclic) bond motifs is 1. The van der Waals surface area contributed by atoms with Crippen LogP contribution in [0.25, 0.3) is 0 Å². The van der Waals surface area contributed by atoms with Crippen LogP contribution in [0, 0.1) is 12.8 Å². The van der Waals surface area contributed by atoms with Crippen LogP contribution in [-0.2, 0) is 4.74 Å². The Morgan fingerprint density at radius 3 is 3.05 bits per heavy atom. The normalized spacial score (nSPS) is 29.4. The van der Waals surface area contributed by atoms with Gasteiger partial charge >= 0.3 is 0 Å². The predicted octanol–water partition coefficient (Wildman–Crippen LogP) is 3.29. The van der Waals surface area contributed by atoms with Gasteiger partial charge in [-0.15, -0.1) is 0 Å². The molecule has 0 unspecified atom stereocenters. The Bertz CT molecular complexity index is 531. The van der Waals surface area contributed by atoms with E-state index < -0.39 is 0 Å². The first-order valence-electron chi connectivity index (χ1n) is 7.26. The Morgan fingerprint density at radius 2 is 2.25 bits per heavy atom. The van der Waals surface area contributed by atoms with Gasteiger partial charge in [-0.25, -0.2) is 0 Å². The summed E-state index contributed by atoms with van der Waals surface area (Å²) < 4.78 is 5.88. The van der Waals surface area contributed by atoms with Crippen LogP contribution in [0.5, 0.6) is 0 Å². The van der Waals surface area contributed by atoms with E-state index in [2.05, 4.69) is 6.92 Å². The van der Waals surface area contributed by atoms with E-state index >= 15 is 0 Å². The summed E-state index contributed by atoms with van der Waals surface area (Å²) in [4.78, 5) is 14.6. The van der Waals surface area contributed by atoms with Gasteiger partial charge in [0.1, 0.15) is 0 Å². The zero-order chi connectivity index (χ0) is 14.3. The van der Waals surface area contributed by atoms with Gasteiger partial charge in [0.2, 0.25) is 0 Å². The number of halogens is 1. The summed E-state index contributed by atoms with van der Waals surface area (Å²) in [6.07, 6.45) is 2.67. The zero-order valence-electron chi connectivity index (χ0n) is 11.9. The van der Waals surface area contributed by atoms with Gasteiger partial charge in [-0.3, -0.25) is 4.79 Å². The number of amides is 1. The largest absolute Gasteiger partial charge is 0.375 e. The number of nitrogens with zero attached hydrogens (tertiary/aromatic N) is 1. The average Bonchev–Trinajstić information content (AvgIpc) is 2.80. The lowest BCUT2D eigenvalue weighted by Crippen LogP contribution is -2.44. The Morgan fingerprint density at radius 1 is 1.45 bits per heavy atom. The Labute approximate surface area is 124 Å². The molecule has 0 N–H and O–H groups in total. The van der Waals surface area contributed by atoms with Gasteiger partial charge < -0.3 is 9.64 Å². The highest BCUT2D eigenvalue weighted by molar-refractivity contribution is 6.31. The molecule has 0 aromatic heterocycles. The second kappa shape index (κ2) is 5.38. The first kappa shape index (κ1) is 13.9. The van der Waals surface area contributed by atoms with Crippen LogP contribution in [0.2, 0.25) is 5.02 Å². The fourth-order valence-corrected chi connectivity index (χ4v) is 3.56. The number of ether oxygens (including phenoxy) is 1. The molecule has 0 spiro atoms. The Balaban J connectivity index is 1.77. The van der Waals surface area contributed by atoms with Crippen LogP contribution < -0.4 is 0 Å². The summed E-state index contributed by atoms with van der Waals surface area (Å²) in [6.45, 7) is 5.60. The van der Waals surface area contributed by atoms with Gasteiger partial charge in [-0.05, 0) is 44.4 Å². The first-order chi connectivity index (χ1) is 9.56. The molecule has 2 fully saturated rings. The molecule has 3 nitrogen and oxygen atoms in total. The quantitative estimate of drug-likeness (QED) is 0.795. The molecule has 3 rings (SSSR count). The maximum Gasteiger partial charge on any atom is 0.254 e. The molecule has 4 heteroatoms. The summed E-state index contributed by atoms with van der Waals surface area (Å²) in [6, 6.07) is 5.53. The standard InChI is InChI=1S/C16H20ClNO2/c1-10-8-12-9-18(7-6-15(12)20-10)16(19)13-4-3-5-14(17)11(13)2/h3-5,10,12,15H,6-9H2,1-2H3/t10-,12-,15-/m0/s1. The summed E-state index contributed by atoms with van der Waals surface area (Å²) in [5.41, 5.74) is 1.60. The number of hydrogen-bond acceptors (Lipinski definition) is 2. The van der Waals surface area contributed by atoms with Crippen LogP contribution in [0.4, 0.5) is 0 Å². The molecule has 1 aromatic carbocycles. The van der Waals surface area contributed by atoms with Crippen LogP contribution in [-0.4, -0.2) is 36.1 Å². The highest BCUT2D eigenvalue weighted by Gasteiger charge is 2.38. The minimum Gasteiger partial charge on any atom is -0.375 e. The van der Waals surface area contributed by atoms with Gasteiger partial charge in [0.15, 0.2) is 0 Å². The number of carbonyl (C=O) groups is 1. The Hall–Kier alpha value is -1.06. The molecule has 0 saturated carbocycles. The summed E-state index contributed by atoms with van der Waals surface area (Å²) in [7, 11) is 0. The average molecular weight is 294 g/mol. The number of piperidine rings is 1. The highest BCUT2D eigenvalue weighted by Crippen LogP contribution is 2.33. The van der Waals surface area contributed by atoms with Crippen molar-refractivity contribution >= 4 is 17.5 Å². The molecule has 1 aromatic rings. The lowest BCUT2D eigenvalue weighted by Gasteiger charge is -2.34. The molecular weight excluding hydrogens is 274 g/mol. The number of rotatable bonds is 1. The Kier molecular flexibility index (Phi) is 3.74. The van der Waals surface area contributed by atoms with E-state index in [4.69, 9.17) is 16.3 Å². The molecule has 2 saturated heterocycles. The summed E-state index contributed by atoms with van der Waals surface area (Å²) in [5.74, 6) is 0.588. The number of hydrogen-bond donors (Lipinski definition) is 0. The molecule has 108 valence electrons. The van der Waals surface area contributed by atoms with E-state index in [1.54, 1.807) is 0 Å². The third-order valence-corrected chi connectivity index (χ3v) is 4.90. The fraction of sp³-hybridized carbons (Fsp3) is 0.562. The molecule has 3 atom stereocenters. The van der Waals surface area contributed by atoms with Crippen LogP contribution in [0.1, 0.15) is 35.7 Å². The van der Waals surface area contributed by atoms with Crippen molar-refractivity contribution in [3.8, 4) is 0 Å². The number of carbonyl (C=O) groups excluding carboxylic acids is 1. The van der Waals surface area contributed by atoms with E-state index in [1.165, 1.54) is 0 Å². The van der Waals surface area contributed by atoms with Gasteiger partial charge in [-0.1, -0.05) is 17.7 Å². The van der Waals surface area contributed by atoms with Crippen molar-refractivity contribution in [3.05, 3.63) is 34.3 Å². The van der Waals surface area contributed by atoms with Crippen molar-refractivity contribution in [1.82, 2.24) is 4.90 Å². The summed E-state index contributed by atoms with van der Waals surface area (Å²) >= 11 is 6.11. The van der Waals surface area contributed by atoms with Crippen LogP contribution in [0.3, 0.4) is 0 Å². The lowest BCUT2D eigenvalue weighted by molar-refractivity contribution is 0.00863. The topological polar surface area (TPSA) is 29.5 Å². The molecule has 2 heterocycles. The van der Waals surface area contributed by atoms with Gasteiger partial charge in [0.25, 0.3) is 5.91 Å². The molecule has 20 heavy (non-hydrogen) atoms. The monoisotopic (exact) mass is 293 g/mol. The molecule has 2 aliphatic heterocycles. The van der Waals surface area contributed by atoms with Crippen molar-refractivity contribution in [2.45, 2.75) is 38.9 Å². The molecule has 0 bridgehead atoms. The molecule has 1 amide bonds. The van der Waals surface area contributed by atoms with E-state index in [0.29, 0.717) is 23.1 Å². The first-order valence-corrected chi connectivity index (χ1v) is 7.64.